The molecule has 98 valence electrons. The second kappa shape index (κ2) is 5.66. The number of benzene rings is 2. The standard InChI is InChI=1S/C16H14BrFO/c1-10(2)11-3-5-12(6-4-11)16(19)13-7-8-14(17)15(18)9-13/h3-10H,1-2H3. The van der Waals surface area contributed by atoms with Crippen LogP contribution >= 0.6 is 15.9 Å². The molecule has 2 rings (SSSR count). The molecule has 0 unspecified atom stereocenters. The van der Waals surface area contributed by atoms with E-state index in [1.54, 1.807) is 24.3 Å². The van der Waals surface area contributed by atoms with Crippen LogP contribution in [0.5, 0.6) is 0 Å². The maximum atomic E-state index is 13.4. The molecule has 0 aliphatic carbocycles. The van der Waals surface area contributed by atoms with E-state index in [1.165, 1.54) is 11.6 Å². The maximum absolute atomic E-state index is 13.4. The quantitative estimate of drug-likeness (QED) is 0.732. The van der Waals surface area contributed by atoms with Crippen molar-refractivity contribution in [3.8, 4) is 0 Å². The zero-order chi connectivity index (χ0) is 14.0. The van der Waals surface area contributed by atoms with Crippen molar-refractivity contribution in [1.82, 2.24) is 0 Å². The molecular weight excluding hydrogens is 307 g/mol. The van der Waals surface area contributed by atoms with Gasteiger partial charge in [0.2, 0.25) is 0 Å². The third-order valence-corrected chi connectivity index (χ3v) is 3.66. The lowest BCUT2D eigenvalue weighted by Gasteiger charge is -2.07. The molecule has 0 N–H and O–H groups in total. The summed E-state index contributed by atoms with van der Waals surface area (Å²) in [4.78, 5) is 12.2. The normalized spacial score (nSPS) is 10.8. The van der Waals surface area contributed by atoms with Crippen molar-refractivity contribution in [3.05, 3.63) is 69.4 Å². The van der Waals surface area contributed by atoms with Crippen molar-refractivity contribution in [2.75, 3.05) is 0 Å². The van der Waals surface area contributed by atoms with E-state index in [9.17, 15) is 9.18 Å². The topological polar surface area (TPSA) is 17.1 Å². The molecule has 0 saturated carbocycles. The van der Waals surface area contributed by atoms with Crippen LogP contribution in [0.3, 0.4) is 0 Å². The molecule has 3 heteroatoms. The third-order valence-electron chi connectivity index (χ3n) is 3.02. The van der Waals surface area contributed by atoms with Crippen LogP contribution in [0.15, 0.2) is 46.9 Å². The predicted octanol–water partition coefficient (Wildman–Crippen LogP) is 4.94. The Kier molecular flexibility index (Phi) is 4.15. The molecule has 19 heavy (non-hydrogen) atoms. The maximum Gasteiger partial charge on any atom is 0.193 e. The lowest BCUT2D eigenvalue weighted by molar-refractivity contribution is 0.103. The molecule has 0 atom stereocenters. The van der Waals surface area contributed by atoms with E-state index in [1.807, 2.05) is 12.1 Å². The molecule has 2 aromatic carbocycles. The van der Waals surface area contributed by atoms with E-state index in [4.69, 9.17) is 0 Å². The Morgan fingerprint density at radius 3 is 2.16 bits per heavy atom. The third kappa shape index (κ3) is 3.10. The Balaban J connectivity index is 2.30. The van der Waals surface area contributed by atoms with Crippen molar-refractivity contribution in [1.29, 1.82) is 0 Å². The highest BCUT2D eigenvalue weighted by molar-refractivity contribution is 9.10. The highest BCUT2D eigenvalue weighted by Crippen LogP contribution is 2.20. The molecule has 0 fully saturated rings. The van der Waals surface area contributed by atoms with Gasteiger partial charge in [0.25, 0.3) is 0 Å². The zero-order valence-corrected chi connectivity index (χ0v) is 12.4. The summed E-state index contributed by atoms with van der Waals surface area (Å²) in [5.41, 5.74) is 2.11. The van der Waals surface area contributed by atoms with Gasteiger partial charge in [-0.25, -0.2) is 4.39 Å². The van der Waals surface area contributed by atoms with E-state index in [0.29, 0.717) is 21.5 Å². The van der Waals surface area contributed by atoms with Crippen LogP contribution in [0.1, 0.15) is 41.3 Å². The van der Waals surface area contributed by atoms with Crippen LogP contribution in [0.25, 0.3) is 0 Å². The molecule has 1 nitrogen and oxygen atoms in total. The lowest BCUT2D eigenvalue weighted by Crippen LogP contribution is -2.02. The Labute approximate surface area is 120 Å². The van der Waals surface area contributed by atoms with Crippen LogP contribution in [0, 0.1) is 5.82 Å². The van der Waals surface area contributed by atoms with E-state index in [-0.39, 0.29) is 5.78 Å². The number of halogens is 2. The Bertz CT molecular complexity index is 603. The Morgan fingerprint density at radius 1 is 1.05 bits per heavy atom. The Morgan fingerprint density at radius 2 is 1.63 bits per heavy atom. The van der Waals surface area contributed by atoms with Crippen LogP contribution in [-0.4, -0.2) is 5.78 Å². The highest BCUT2D eigenvalue weighted by atomic mass is 79.9. The van der Waals surface area contributed by atoms with Crippen molar-refractivity contribution < 1.29 is 9.18 Å². The minimum Gasteiger partial charge on any atom is -0.289 e. The van der Waals surface area contributed by atoms with Crippen molar-refractivity contribution >= 4 is 21.7 Å². The molecule has 0 aliphatic rings. The molecule has 0 heterocycles. The number of carbonyl (C=O) groups excluding carboxylic acids is 1. The van der Waals surface area contributed by atoms with Crippen molar-refractivity contribution in [3.63, 3.8) is 0 Å². The molecule has 0 spiro atoms. The van der Waals surface area contributed by atoms with Gasteiger partial charge in [0.15, 0.2) is 5.78 Å². The number of hydrogen-bond acceptors (Lipinski definition) is 1. The Hall–Kier alpha value is -1.48. The number of ketones is 1. The van der Waals surface area contributed by atoms with Gasteiger partial charge >= 0.3 is 0 Å². The van der Waals surface area contributed by atoms with E-state index < -0.39 is 5.82 Å². The lowest BCUT2D eigenvalue weighted by atomic mass is 9.98. The number of hydrogen-bond donors (Lipinski definition) is 0. The van der Waals surface area contributed by atoms with Crippen molar-refractivity contribution in [2.24, 2.45) is 0 Å². The van der Waals surface area contributed by atoms with Gasteiger partial charge in [-0.3, -0.25) is 4.79 Å². The van der Waals surface area contributed by atoms with Gasteiger partial charge in [0, 0.05) is 11.1 Å². The van der Waals surface area contributed by atoms with Gasteiger partial charge in [-0.2, -0.15) is 0 Å². The summed E-state index contributed by atoms with van der Waals surface area (Å²) in [5, 5.41) is 0. The van der Waals surface area contributed by atoms with Crippen LogP contribution in [-0.2, 0) is 0 Å². The first kappa shape index (κ1) is 13.9. The van der Waals surface area contributed by atoms with E-state index >= 15 is 0 Å². The molecule has 0 radical (unpaired) electrons. The van der Waals surface area contributed by atoms with E-state index in [0.717, 1.165) is 0 Å². The van der Waals surface area contributed by atoms with Crippen LogP contribution < -0.4 is 0 Å². The van der Waals surface area contributed by atoms with Gasteiger partial charge in [0.05, 0.1) is 4.47 Å². The monoisotopic (exact) mass is 320 g/mol. The smallest absolute Gasteiger partial charge is 0.193 e. The number of carbonyl (C=O) groups is 1. The fraction of sp³-hybridized carbons (Fsp3) is 0.188. The van der Waals surface area contributed by atoms with Gasteiger partial charge in [-0.1, -0.05) is 38.1 Å². The SMILES string of the molecule is CC(C)c1ccc(C(=O)c2ccc(Br)c(F)c2)cc1. The van der Waals surface area contributed by atoms with Crippen LogP contribution in [0.2, 0.25) is 0 Å². The van der Waals surface area contributed by atoms with Gasteiger partial charge in [-0.15, -0.1) is 0 Å². The van der Waals surface area contributed by atoms with Gasteiger partial charge in [-0.05, 0) is 45.6 Å². The summed E-state index contributed by atoms with van der Waals surface area (Å²) in [5.74, 6) is -0.166. The summed E-state index contributed by atoms with van der Waals surface area (Å²) < 4.78 is 13.8. The van der Waals surface area contributed by atoms with Gasteiger partial charge in [0.1, 0.15) is 5.82 Å². The van der Waals surface area contributed by atoms with Crippen LogP contribution in [0.4, 0.5) is 4.39 Å². The predicted molar refractivity (Wildman–Crippen MR) is 78.1 cm³/mol. The fourth-order valence-corrected chi connectivity index (χ4v) is 2.07. The molecule has 0 amide bonds. The fourth-order valence-electron chi connectivity index (χ4n) is 1.82. The first-order chi connectivity index (χ1) is 8.99. The zero-order valence-electron chi connectivity index (χ0n) is 10.8. The van der Waals surface area contributed by atoms with E-state index in [2.05, 4.69) is 29.8 Å². The van der Waals surface area contributed by atoms with Crippen molar-refractivity contribution in [2.45, 2.75) is 19.8 Å². The minimum atomic E-state index is -0.426. The average molecular weight is 321 g/mol. The summed E-state index contributed by atoms with van der Waals surface area (Å²) in [7, 11) is 0. The molecule has 0 saturated heterocycles. The largest absolute Gasteiger partial charge is 0.289 e. The highest BCUT2D eigenvalue weighted by Gasteiger charge is 2.11. The minimum absolute atomic E-state index is 0.165. The number of rotatable bonds is 3. The molecule has 0 bridgehead atoms. The second-order valence-corrected chi connectivity index (χ2v) is 5.59. The summed E-state index contributed by atoms with van der Waals surface area (Å²) >= 11 is 3.07. The molecule has 2 aromatic rings. The summed E-state index contributed by atoms with van der Waals surface area (Å²) in [6.07, 6.45) is 0. The first-order valence-corrected chi connectivity index (χ1v) is 6.88. The second-order valence-electron chi connectivity index (χ2n) is 4.73. The first-order valence-electron chi connectivity index (χ1n) is 6.08. The summed E-state index contributed by atoms with van der Waals surface area (Å²) in [6.45, 7) is 4.20. The average Bonchev–Trinajstić information content (AvgIpc) is 2.41. The van der Waals surface area contributed by atoms with Gasteiger partial charge < -0.3 is 0 Å². The molecule has 0 aromatic heterocycles. The molecule has 0 aliphatic heterocycles. The summed E-state index contributed by atoms with van der Waals surface area (Å²) in [6, 6.07) is 11.9. The molecular formula is C16H14BrFO.